The summed E-state index contributed by atoms with van der Waals surface area (Å²) in [5, 5.41) is 0. The van der Waals surface area contributed by atoms with Crippen LogP contribution in [-0.2, 0) is 6.18 Å². The minimum atomic E-state index is -4.47. The average Bonchev–Trinajstić information content (AvgIpc) is 3.23. The van der Waals surface area contributed by atoms with Crippen molar-refractivity contribution in [2.75, 3.05) is 6.54 Å². The summed E-state index contributed by atoms with van der Waals surface area (Å²) in [5.41, 5.74) is 0.788. The zero-order chi connectivity index (χ0) is 25.2. The number of rotatable bonds is 6. The van der Waals surface area contributed by atoms with E-state index in [2.05, 4.69) is 26.9 Å². The number of ether oxygens (including phenoxy) is 1. The third kappa shape index (κ3) is 5.41. The molecular weight excluding hydrogens is 459 g/mol. The monoisotopic (exact) mass is 485 g/mol. The summed E-state index contributed by atoms with van der Waals surface area (Å²) >= 11 is 0. The lowest BCUT2D eigenvalue weighted by Gasteiger charge is -2.31. The summed E-state index contributed by atoms with van der Waals surface area (Å²) in [7, 11) is 0. The van der Waals surface area contributed by atoms with Crippen molar-refractivity contribution in [3.8, 4) is 17.4 Å². The Labute approximate surface area is 201 Å². The van der Waals surface area contributed by atoms with E-state index in [9.17, 15) is 18.0 Å². The van der Waals surface area contributed by atoms with Gasteiger partial charge >= 0.3 is 6.18 Å². The molecule has 35 heavy (non-hydrogen) atoms. The van der Waals surface area contributed by atoms with Gasteiger partial charge in [-0.2, -0.15) is 13.2 Å². The maximum atomic E-state index is 13.8. The predicted molar refractivity (Wildman–Crippen MR) is 123 cm³/mol. The summed E-state index contributed by atoms with van der Waals surface area (Å²) in [6.45, 7) is 6.35. The smallest absolute Gasteiger partial charge is 0.417 e. The molecule has 0 saturated carbocycles. The normalized spacial score (nSPS) is 19.0. The molecule has 1 aliphatic heterocycles. The molecule has 0 spiro atoms. The second-order valence-corrected chi connectivity index (χ2v) is 8.79. The highest BCUT2D eigenvalue weighted by Gasteiger charge is 2.40. The zero-order valence-electron chi connectivity index (χ0n) is 19.7. The Hall–Kier alpha value is -3.56. The topological polar surface area (TPSA) is 81.1 Å². The van der Waals surface area contributed by atoms with Crippen LogP contribution in [0.5, 0.6) is 5.88 Å². The molecule has 1 saturated heterocycles. The van der Waals surface area contributed by atoms with Crippen LogP contribution >= 0.6 is 0 Å². The summed E-state index contributed by atoms with van der Waals surface area (Å²) in [4.78, 5) is 32.4. The number of nitrogens with zero attached hydrogens (tertiary/aromatic N) is 5. The van der Waals surface area contributed by atoms with Crippen LogP contribution in [0.3, 0.4) is 0 Å². The zero-order valence-corrected chi connectivity index (χ0v) is 19.7. The van der Waals surface area contributed by atoms with E-state index in [4.69, 9.17) is 4.74 Å². The van der Waals surface area contributed by atoms with Crippen molar-refractivity contribution in [3.63, 3.8) is 0 Å². The van der Waals surface area contributed by atoms with Gasteiger partial charge in [0.05, 0.1) is 17.2 Å². The first-order valence-electron chi connectivity index (χ1n) is 11.4. The van der Waals surface area contributed by atoms with Crippen molar-refractivity contribution in [3.05, 3.63) is 65.7 Å². The second kappa shape index (κ2) is 9.97. The Morgan fingerprint density at radius 1 is 1.17 bits per heavy atom. The largest absolute Gasteiger partial charge is 0.472 e. The standard InChI is InChI=1S/C25H26F3N5O2/c1-4-20(35-21-7-6-17(13-31-21)25(26,27)28)19-11-16(3)14-33(19)24(34)18-10-15(2)12-32-22(18)23-29-8-5-9-30-23/h5-10,12-13,16,19-20H,4,11,14H2,1-3H3. The molecule has 4 rings (SSSR count). The van der Waals surface area contributed by atoms with Gasteiger partial charge in [-0.25, -0.2) is 15.0 Å². The van der Waals surface area contributed by atoms with Gasteiger partial charge in [-0.1, -0.05) is 13.8 Å². The molecule has 0 bridgehead atoms. The molecule has 184 valence electrons. The molecule has 0 N–H and O–H groups in total. The van der Waals surface area contributed by atoms with E-state index in [1.807, 2.05) is 13.8 Å². The minimum absolute atomic E-state index is 0.0902. The van der Waals surface area contributed by atoms with Crippen LogP contribution in [0.4, 0.5) is 13.2 Å². The summed E-state index contributed by atoms with van der Waals surface area (Å²) in [5.74, 6) is 0.459. The fourth-order valence-electron chi connectivity index (χ4n) is 4.36. The number of carbonyl (C=O) groups is 1. The Kier molecular flexibility index (Phi) is 7.00. The Bertz CT molecular complexity index is 1170. The first-order valence-corrected chi connectivity index (χ1v) is 11.4. The van der Waals surface area contributed by atoms with Crippen molar-refractivity contribution in [1.29, 1.82) is 0 Å². The number of halogens is 3. The van der Waals surface area contributed by atoms with Gasteiger partial charge in [-0.15, -0.1) is 0 Å². The average molecular weight is 486 g/mol. The van der Waals surface area contributed by atoms with Crippen LogP contribution in [-0.4, -0.2) is 49.4 Å². The van der Waals surface area contributed by atoms with Crippen molar-refractivity contribution >= 4 is 5.91 Å². The lowest BCUT2D eigenvalue weighted by atomic mass is 10.0. The molecule has 3 aromatic rings. The van der Waals surface area contributed by atoms with Crippen LogP contribution in [0.15, 0.2) is 49.1 Å². The number of hydrogen-bond donors (Lipinski definition) is 0. The number of aryl methyl sites for hydroxylation is 1. The first-order chi connectivity index (χ1) is 16.7. The SMILES string of the molecule is CCC(Oc1ccc(C(F)(F)F)cn1)C1CC(C)CN1C(=O)c1cc(C)cnc1-c1ncccn1. The maximum absolute atomic E-state index is 13.8. The van der Waals surface area contributed by atoms with Crippen LogP contribution in [0.1, 0.15) is 48.2 Å². The highest BCUT2D eigenvalue weighted by Crippen LogP contribution is 2.33. The number of aromatic nitrogens is 4. The Morgan fingerprint density at radius 3 is 2.54 bits per heavy atom. The van der Waals surface area contributed by atoms with Gasteiger partial charge in [0.2, 0.25) is 5.88 Å². The molecule has 3 atom stereocenters. The highest BCUT2D eigenvalue weighted by atomic mass is 19.4. The van der Waals surface area contributed by atoms with Crippen molar-refractivity contribution in [2.45, 2.75) is 51.9 Å². The molecule has 1 aliphatic rings. The van der Waals surface area contributed by atoms with Crippen molar-refractivity contribution in [2.24, 2.45) is 5.92 Å². The maximum Gasteiger partial charge on any atom is 0.417 e. The van der Waals surface area contributed by atoms with Crippen molar-refractivity contribution in [1.82, 2.24) is 24.8 Å². The van der Waals surface area contributed by atoms with Gasteiger partial charge in [-0.3, -0.25) is 9.78 Å². The van der Waals surface area contributed by atoms with Crippen molar-refractivity contribution < 1.29 is 22.7 Å². The molecule has 1 fully saturated rings. The van der Waals surface area contributed by atoms with E-state index in [0.717, 1.165) is 17.8 Å². The van der Waals surface area contributed by atoms with Gasteiger partial charge in [-0.05, 0) is 49.4 Å². The lowest BCUT2D eigenvalue weighted by molar-refractivity contribution is -0.137. The molecule has 4 heterocycles. The van der Waals surface area contributed by atoms with Gasteiger partial charge in [0, 0.05) is 37.4 Å². The summed E-state index contributed by atoms with van der Waals surface area (Å²) < 4.78 is 44.7. The molecule has 3 unspecified atom stereocenters. The summed E-state index contributed by atoms with van der Waals surface area (Å²) in [6.07, 6.45) is 1.94. The molecule has 3 aromatic heterocycles. The quantitative estimate of drug-likeness (QED) is 0.491. The van der Waals surface area contributed by atoms with Crippen LogP contribution in [0, 0.1) is 12.8 Å². The van der Waals surface area contributed by atoms with E-state index in [1.165, 1.54) is 6.07 Å². The molecule has 1 amide bonds. The Morgan fingerprint density at radius 2 is 1.91 bits per heavy atom. The molecule has 0 aliphatic carbocycles. The predicted octanol–water partition coefficient (Wildman–Crippen LogP) is 4.97. The first kappa shape index (κ1) is 24.6. The number of alkyl halides is 3. The van der Waals surface area contributed by atoms with E-state index in [1.54, 1.807) is 35.6 Å². The van der Waals surface area contributed by atoms with Gasteiger partial charge in [0.1, 0.15) is 11.8 Å². The van der Waals surface area contributed by atoms with Gasteiger partial charge in [0.25, 0.3) is 5.91 Å². The number of amides is 1. The third-order valence-electron chi connectivity index (χ3n) is 6.01. The van der Waals surface area contributed by atoms with Crippen LogP contribution in [0.25, 0.3) is 11.5 Å². The minimum Gasteiger partial charge on any atom is -0.472 e. The van der Waals surface area contributed by atoms with Gasteiger partial charge in [0.15, 0.2) is 5.82 Å². The van der Waals surface area contributed by atoms with Crippen LogP contribution < -0.4 is 4.74 Å². The number of likely N-dealkylation sites (tertiary alicyclic amines) is 1. The van der Waals surface area contributed by atoms with E-state index >= 15 is 0 Å². The fourth-order valence-corrected chi connectivity index (χ4v) is 4.36. The molecule has 0 aromatic carbocycles. The number of carbonyl (C=O) groups excluding carboxylic acids is 1. The van der Waals surface area contributed by atoms with E-state index in [-0.39, 0.29) is 23.7 Å². The number of hydrogen-bond acceptors (Lipinski definition) is 6. The molecular formula is C25H26F3N5O2. The second-order valence-electron chi connectivity index (χ2n) is 8.79. The molecule has 7 nitrogen and oxygen atoms in total. The summed E-state index contributed by atoms with van der Waals surface area (Å²) in [6, 6.07) is 5.35. The lowest BCUT2D eigenvalue weighted by Crippen LogP contribution is -2.45. The fraction of sp³-hybridized carbons (Fsp3) is 0.400. The van der Waals surface area contributed by atoms with Gasteiger partial charge < -0.3 is 9.64 Å². The number of pyridine rings is 2. The molecule has 10 heteroatoms. The van der Waals surface area contributed by atoms with E-state index in [0.29, 0.717) is 36.5 Å². The highest BCUT2D eigenvalue weighted by molar-refractivity contribution is 5.99. The third-order valence-corrected chi connectivity index (χ3v) is 6.01. The molecule has 0 radical (unpaired) electrons. The Balaban J connectivity index is 1.61. The van der Waals surface area contributed by atoms with E-state index < -0.39 is 17.8 Å². The van der Waals surface area contributed by atoms with Crippen LogP contribution in [0.2, 0.25) is 0 Å².